The van der Waals surface area contributed by atoms with Gasteiger partial charge in [-0.3, -0.25) is 4.72 Å². The summed E-state index contributed by atoms with van der Waals surface area (Å²) in [7, 11) is -3.33. The van der Waals surface area contributed by atoms with Gasteiger partial charge in [-0.2, -0.15) is 0 Å². The van der Waals surface area contributed by atoms with Crippen LogP contribution in [0.15, 0.2) is 54.0 Å². The van der Waals surface area contributed by atoms with E-state index in [1.807, 2.05) is 12.3 Å². The lowest BCUT2D eigenvalue weighted by Gasteiger charge is -2.17. The highest BCUT2D eigenvalue weighted by molar-refractivity contribution is 7.92. The number of aromatic amines is 1. The Morgan fingerprint density at radius 2 is 2.04 bits per heavy atom. The summed E-state index contributed by atoms with van der Waals surface area (Å²) in [6.45, 7) is 2.20. The van der Waals surface area contributed by atoms with E-state index < -0.39 is 10.0 Å². The average molecular weight is 399 g/mol. The lowest BCUT2D eigenvalue weighted by atomic mass is 9.87. The van der Waals surface area contributed by atoms with Crippen molar-refractivity contribution < 1.29 is 8.42 Å². The molecule has 6 heteroatoms. The standard InChI is InChI=1S/C21H22N2O2S2/c1-3-5-16(14-8-9-20-15(12-14)10-11-26-20)18-13-22-21-17(18)6-4-7-19(21)23-27(2,24)25/h4,6-13,16,22-23H,3,5H2,1-2H3. The number of H-pyrrole nitrogens is 1. The largest absolute Gasteiger partial charge is 0.359 e. The van der Waals surface area contributed by atoms with Gasteiger partial charge in [0.2, 0.25) is 10.0 Å². The molecule has 27 heavy (non-hydrogen) atoms. The Labute approximate surface area is 163 Å². The van der Waals surface area contributed by atoms with Gasteiger partial charge < -0.3 is 4.98 Å². The molecular weight excluding hydrogens is 376 g/mol. The predicted molar refractivity (Wildman–Crippen MR) is 115 cm³/mol. The quantitative estimate of drug-likeness (QED) is 0.438. The van der Waals surface area contributed by atoms with Crippen LogP contribution in [0.25, 0.3) is 21.0 Å². The van der Waals surface area contributed by atoms with Crippen LogP contribution in [0.3, 0.4) is 0 Å². The van der Waals surface area contributed by atoms with Crippen LogP contribution in [0.2, 0.25) is 0 Å². The van der Waals surface area contributed by atoms with E-state index in [2.05, 4.69) is 52.3 Å². The van der Waals surface area contributed by atoms with E-state index in [4.69, 9.17) is 0 Å². The third-order valence-electron chi connectivity index (χ3n) is 4.87. The molecule has 1 unspecified atom stereocenters. The molecule has 0 aliphatic heterocycles. The number of hydrogen-bond acceptors (Lipinski definition) is 3. The van der Waals surface area contributed by atoms with Crippen molar-refractivity contribution in [1.82, 2.24) is 4.98 Å². The van der Waals surface area contributed by atoms with Gasteiger partial charge in [0.1, 0.15) is 0 Å². The number of anilines is 1. The fourth-order valence-corrected chi connectivity index (χ4v) is 5.08. The van der Waals surface area contributed by atoms with Crippen molar-refractivity contribution in [1.29, 1.82) is 0 Å². The smallest absolute Gasteiger partial charge is 0.229 e. The molecule has 0 aliphatic carbocycles. The van der Waals surface area contributed by atoms with Gasteiger partial charge in [0.15, 0.2) is 0 Å². The summed E-state index contributed by atoms with van der Waals surface area (Å²) in [6.07, 6.45) is 5.30. The molecule has 0 fully saturated rings. The Balaban J connectivity index is 1.83. The van der Waals surface area contributed by atoms with E-state index in [0.29, 0.717) is 5.69 Å². The van der Waals surface area contributed by atoms with Gasteiger partial charge in [0, 0.05) is 22.2 Å². The molecule has 0 saturated carbocycles. The predicted octanol–water partition coefficient (Wildman–Crippen LogP) is 5.69. The maximum absolute atomic E-state index is 11.7. The van der Waals surface area contributed by atoms with Crippen LogP contribution in [0.4, 0.5) is 5.69 Å². The maximum atomic E-state index is 11.7. The van der Waals surface area contributed by atoms with Crippen molar-refractivity contribution in [2.24, 2.45) is 0 Å². The molecule has 140 valence electrons. The van der Waals surface area contributed by atoms with E-state index in [0.717, 1.165) is 23.7 Å². The zero-order valence-corrected chi connectivity index (χ0v) is 17.0. The van der Waals surface area contributed by atoms with Crippen molar-refractivity contribution in [2.75, 3.05) is 11.0 Å². The third-order valence-corrected chi connectivity index (χ3v) is 6.36. The lowest BCUT2D eigenvalue weighted by Crippen LogP contribution is -2.09. The lowest BCUT2D eigenvalue weighted by molar-refractivity contribution is 0.607. The Bertz CT molecular complexity index is 1210. The first-order valence-electron chi connectivity index (χ1n) is 9.01. The van der Waals surface area contributed by atoms with Crippen molar-refractivity contribution in [2.45, 2.75) is 25.7 Å². The van der Waals surface area contributed by atoms with Gasteiger partial charge in [-0.1, -0.05) is 31.5 Å². The molecule has 0 amide bonds. The minimum atomic E-state index is -3.33. The van der Waals surface area contributed by atoms with Crippen LogP contribution in [-0.2, 0) is 10.0 Å². The number of rotatable bonds is 6. The molecular formula is C21H22N2O2S2. The second-order valence-electron chi connectivity index (χ2n) is 6.91. The van der Waals surface area contributed by atoms with Gasteiger partial charge >= 0.3 is 0 Å². The summed E-state index contributed by atoms with van der Waals surface area (Å²) in [5, 5.41) is 4.46. The molecule has 2 aromatic carbocycles. The molecule has 1 atom stereocenters. The molecule has 0 bridgehead atoms. The summed E-state index contributed by atoms with van der Waals surface area (Å²) in [5.41, 5.74) is 3.92. The Morgan fingerprint density at radius 1 is 1.19 bits per heavy atom. The number of nitrogens with one attached hydrogen (secondary N) is 2. The molecule has 2 N–H and O–H groups in total. The van der Waals surface area contributed by atoms with Crippen LogP contribution in [0.5, 0.6) is 0 Å². The minimum absolute atomic E-state index is 0.265. The zero-order valence-electron chi connectivity index (χ0n) is 15.3. The van der Waals surface area contributed by atoms with Crippen molar-refractivity contribution in [3.63, 3.8) is 0 Å². The number of para-hydroxylation sites is 1. The summed E-state index contributed by atoms with van der Waals surface area (Å²) in [4.78, 5) is 3.30. The van der Waals surface area contributed by atoms with Gasteiger partial charge in [0.25, 0.3) is 0 Å². The first kappa shape index (κ1) is 18.1. The van der Waals surface area contributed by atoms with Gasteiger partial charge in [-0.15, -0.1) is 11.3 Å². The molecule has 0 radical (unpaired) electrons. The van der Waals surface area contributed by atoms with Crippen molar-refractivity contribution in [3.8, 4) is 0 Å². The fraction of sp³-hybridized carbons (Fsp3) is 0.238. The molecule has 4 aromatic rings. The Morgan fingerprint density at radius 3 is 2.81 bits per heavy atom. The normalized spacial score (nSPS) is 13.3. The van der Waals surface area contributed by atoms with Crippen LogP contribution >= 0.6 is 11.3 Å². The third kappa shape index (κ3) is 3.59. The highest BCUT2D eigenvalue weighted by Gasteiger charge is 2.19. The van der Waals surface area contributed by atoms with E-state index in [1.54, 1.807) is 17.4 Å². The fourth-order valence-electron chi connectivity index (χ4n) is 3.74. The van der Waals surface area contributed by atoms with Crippen LogP contribution in [-0.4, -0.2) is 19.7 Å². The molecule has 2 heterocycles. The number of aromatic nitrogens is 1. The summed E-state index contributed by atoms with van der Waals surface area (Å²) < 4.78 is 27.3. The first-order valence-corrected chi connectivity index (χ1v) is 11.8. The van der Waals surface area contributed by atoms with Gasteiger partial charge in [-0.25, -0.2) is 8.42 Å². The number of benzene rings is 2. The van der Waals surface area contributed by atoms with E-state index in [-0.39, 0.29) is 5.92 Å². The summed E-state index contributed by atoms with van der Waals surface area (Å²) in [5.74, 6) is 0.265. The van der Waals surface area contributed by atoms with Crippen LogP contribution in [0.1, 0.15) is 36.8 Å². The molecule has 4 nitrogen and oxygen atoms in total. The average Bonchev–Trinajstić information content (AvgIpc) is 3.25. The number of fused-ring (bicyclic) bond motifs is 2. The minimum Gasteiger partial charge on any atom is -0.359 e. The van der Waals surface area contributed by atoms with Crippen molar-refractivity contribution in [3.05, 3.63) is 65.2 Å². The SMILES string of the molecule is CCCC(c1ccc2sccc2c1)c1c[nH]c2c(NS(C)(=O)=O)cccc12. The number of sulfonamides is 1. The molecule has 0 saturated heterocycles. The Kier molecular flexibility index (Phi) is 4.70. The zero-order chi connectivity index (χ0) is 19.0. The molecule has 0 aliphatic rings. The summed E-state index contributed by atoms with van der Waals surface area (Å²) in [6, 6.07) is 14.6. The van der Waals surface area contributed by atoms with Crippen LogP contribution in [0, 0.1) is 0 Å². The molecule has 0 spiro atoms. The Hall–Kier alpha value is -2.31. The second-order valence-corrected chi connectivity index (χ2v) is 9.60. The van der Waals surface area contributed by atoms with E-state index >= 15 is 0 Å². The highest BCUT2D eigenvalue weighted by atomic mass is 32.2. The van der Waals surface area contributed by atoms with Gasteiger partial charge in [-0.05, 0) is 52.6 Å². The van der Waals surface area contributed by atoms with Gasteiger partial charge in [0.05, 0.1) is 17.5 Å². The monoisotopic (exact) mass is 398 g/mol. The molecule has 2 aromatic heterocycles. The van der Waals surface area contributed by atoms with Crippen molar-refractivity contribution >= 4 is 48.0 Å². The molecule has 4 rings (SSSR count). The first-order chi connectivity index (χ1) is 13.0. The van der Waals surface area contributed by atoms with E-state index in [9.17, 15) is 8.42 Å². The highest BCUT2D eigenvalue weighted by Crippen LogP contribution is 2.37. The number of hydrogen-bond donors (Lipinski definition) is 2. The maximum Gasteiger partial charge on any atom is 0.229 e. The van der Waals surface area contributed by atoms with Crippen LogP contribution < -0.4 is 4.72 Å². The topological polar surface area (TPSA) is 62.0 Å². The second kappa shape index (κ2) is 7.02. The van der Waals surface area contributed by atoms with E-state index in [1.165, 1.54) is 27.5 Å². The number of thiophene rings is 1. The summed E-state index contributed by atoms with van der Waals surface area (Å²) >= 11 is 1.76.